The number of nitrogens with one attached hydrogen (secondary N) is 1. The summed E-state index contributed by atoms with van der Waals surface area (Å²) < 4.78 is 0. The van der Waals surface area contributed by atoms with Crippen LogP contribution in [0.15, 0.2) is 23.3 Å². The number of primary amides is 1. The standard InChI is InChI=1S/C16H24N6O.HI/c1-21-10-7-19-16(21)20-11-13-3-2-6-18-15(13)22-8-4-12(5-9-22)14(17)23;/h2-3,6,12H,4-5,7-11H2,1H3,(H2,17,23)(H,19,20);1H. The zero-order valence-electron chi connectivity index (χ0n) is 13.9. The Hall–Kier alpha value is -1.58. The summed E-state index contributed by atoms with van der Waals surface area (Å²) in [5.41, 5.74) is 6.56. The molecule has 0 aliphatic carbocycles. The van der Waals surface area contributed by atoms with Gasteiger partial charge in [-0.15, -0.1) is 24.0 Å². The fraction of sp³-hybridized carbons (Fsp3) is 0.562. The molecule has 1 saturated heterocycles. The van der Waals surface area contributed by atoms with Crippen molar-refractivity contribution in [3.05, 3.63) is 23.9 Å². The van der Waals surface area contributed by atoms with Gasteiger partial charge in [-0.05, 0) is 18.9 Å². The molecule has 0 bridgehead atoms. The molecule has 1 amide bonds. The van der Waals surface area contributed by atoms with Crippen LogP contribution in [0.25, 0.3) is 0 Å². The molecule has 3 heterocycles. The van der Waals surface area contributed by atoms with E-state index in [1.165, 1.54) is 0 Å². The van der Waals surface area contributed by atoms with E-state index in [0.717, 1.165) is 56.4 Å². The molecule has 0 atom stereocenters. The lowest BCUT2D eigenvalue weighted by Gasteiger charge is -2.32. The molecule has 132 valence electrons. The Morgan fingerprint density at radius 3 is 2.75 bits per heavy atom. The third-order valence-electron chi connectivity index (χ3n) is 4.56. The minimum Gasteiger partial charge on any atom is -0.369 e. The Morgan fingerprint density at radius 2 is 2.12 bits per heavy atom. The predicted molar refractivity (Wildman–Crippen MR) is 106 cm³/mol. The lowest BCUT2D eigenvalue weighted by Crippen LogP contribution is -2.40. The molecule has 2 aliphatic heterocycles. The number of nitrogens with two attached hydrogens (primary N) is 1. The van der Waals surface area contributed by atoms with Gasteiger partial charge in [0.25, 0.3) is 0 Å². The van der Waals surface area contributed by atoms with Crippen LogP contribution in [0.5, 0.6) is 0 Å². The number of guanidine groups is 1. The van der Waals surface area contributed by atoms with Gasteiger partial charge in [0, 0.05) is 50.9 Å². The second-order valence-electron chi connectivity index (χ2n) is 6.13. The fourth-order valence-corrected chi connectivity index (χ4v) is 3.13. The third-order valence-corrected chi connectivity index (χ3v) is 4.56. The summed E-state index contributed by atoms with van der Waals surface area (Å²) in [7, 11) is 2.04. The van der Waals surface area contributed by atoms with Gasteiger partial charge < -0.3 is 20.9 Å². The van der Waals surface area contributed by atoms with Crippen LogP contribution in [0.2, 0.25) is 0 Å². The van der Waals surface area contributed by atoms with Crippen molar-refractivity contribution in [1.29, 1.82) is 0 Å². The highest BCUT2D eigenvalue weighted by molar-refractivity contribution is 14.0. The number of pyridine rings is 1. The van der Waals surface area contributed by atoms with Gasteiger partial charge in [-0.2, -0.15) is 0 Å². The van der Waals surface area contributed by atoms with Crippen LogP contribution in [0, 0.1) is 5.92 Å². The summed E-state index contributed by atoms with van der Waals surface area (Å²) in [5.74, 6) is 1.74. The monoisotopic (exact) mass is 444 g/mol. The van der Waals surface area contributed by atoms with Crippen molar-refractivity contribution in [3.63, 3.8) is 0 Å². The number of aromatic nitrogens is 1. The molecule has 0 aromatic carbocycles. The number of anilines is 1. The maximum absolute atomic E-state index is 11.3. The quantitative estimate of drug-likeness (QED) is 0.671. The molecule has 0 saturated carbocycles. The highest BCUT2D eigenvalue weighted by Crippen LogP contribution is 2.24. The maximum atomic E-state index is 11.3. The zero-order valence-corrected chi connectivity index (χ0v) is 16.3. The van der Waals surface area contributed by atoms with Crippen LogP contribution in [0.3, 0.4) is 0 Å². The van der Waals surface area contributed by atoms with Gasteiger partial charge in [-0.25, -0.2) is 4.98 Å². The van der Waals surface area contributed by atoms with Crippen molar-refractivity contribution in [2.45, 2.75) is 19.4 Å². The van der Waals surface area contributed by atoms with Gasteiger partial charge in [0.05, 0.1) is 6.54 Å². The van der Waals surface area contributed by atoms with Crippen molar-refractivity contribution in [1.82, 2.24) is 15.2 Å². The van der Waals surface area contributed by atoms with E-state index in [9.17, 15) is 4.79 Å². The first-order chi connectivity index (χ1) is 11.1. The summed E-state index contributed by atoms with van der Waals surface area (Å²) in [4.78, 5) is 24.7. The van der Waals surface area contributed by atoms with Crippen LogP contribution >= 0.6 is 24.0 Å². The number of piperidine rings is 1. The SMILES string of the molecule is CN1CCN=C1NCc1cccnc1N1CCC(C(N)=O)CC1.I. The summed E-state index contributed by atoms with van der Waals surface area (Å²) in [5, 5.41) is 3.39. The molecule has 24 heavy (non-hydrogen) atoms. The number of hydrogen-bond acceptors (Lipinski definition) is 6. The van der Waals surface area contributed by atoms with Crippen LogP contribution < -0.4 is 16.0 Å². The second kappa shape index (κ2) is 8.50. The molecule has 0 radical (unpaired) electrons. The van der Waals surface area contributed by atoms with Gasteiger partial charge in [0.1, 0.15) is 5.82 Å². The van der Waals surface area contributed by atoms with Gasteiger partial charge in [-0.3, -0.25) is 9.79 Å². The average molecular weight is 444 g/mol. The average Bonchev–Trinajstić information content (AvgIpc) is 2.98. The maximum Gasteiger partial charge on any atom is 0.220 e. The van der Waals surface area contributed by atoms with Gasteiger partial charge in [0.2, 0.25) is 5.91 Å². The topological polar surface area (TPSA) is 86.8 Å². The zero-order chi connectivity index (χ0) is 16.2. The van der Waals surface area contributed by atoms with Crippen LogP contribution in [0.4, 0.5) is 5.82 Å². The van der Waals surface area contributed by atoms with Gasteiger partial charge >= 0.3 is 0 Å². The molecule has 2 aliphatic rings. The molecule has 1 fully saturated rings. The number of nitrogens with zero attached hydrogens (tertiary/aromatic N) is 4. The molecule has 0 unspecified atom stereocenters. The Kier molecular flexibility index (Phi) is 6.64. The summed E-state index contributed by atoms with van der Waals surface area (Å²) in [6.07, 6.45) is 3.42. The van der Waals surface area contributed by atoms with Crippen molar-refractivity contribution < 1.29 is 4.79 Å². The fourth-order valence-electron chi connectivity index (χ4n) is 3.13. The van der Waals surface area contributed by atoms with E-state index in [0.29, 0.717) is 6.54 Å². The van der Waals surface area contributed by atoms with Crippen LogP contribution in [-0.2, 0) is 11.3 Å². The van der Waals surface area contributed by atoms with E-state index in [1.807, 2.05) is 19.3 Å². The number of amides is 1. The second-order valence-corrected chi connectivity index (χ2v) is 6.13. The van der Waals surface area contributed by atoms with E-state index in [2.05, 4.69) is 31.2 Å². The largest absolute Gasteiger partial charge is 0.369 e. The summed E-state index contributed by atoms with van der Waals surface area (Å²) in [6.45, 7) is 4.14. The summed E-state index contributed by atoms with van der Waals surface area (Å²) >= 11 is 0. The first-order valence-electron chi connectivity index (χ1n) is 8.13. The normalized spacial score (nSPS) is 18.1. The van der Waals surface area contributed by atoms with Gasteiger partial charge in [-0.1, -0.05) is 6.07 Å². The Balaban J connectivity index is 0.00000208. The Morgan fingerprint density at radius 1 is 1.38 bits per heavy atom. The molecule has 7 nitrogen and oxygen atoms in total. The number of carbonyl (C=O) groups is 1. The molecule has 3 N–H and O–H groups in total. The van der Waals surface area contributed by atoms with Crippen molar-refractivity contribution >= 4 is 41.7 Å². The van der Waals surface area contributed by atoms with Crippen molar-refractivity contribution in [3.8, 4) is 0 Å². The van der Waals surface area contributed by atoms with E-state index in [4.69, 9.17) is 5.73 Å². The van der Waals surface area contributed by atoms with E-state index >= 15 is 0 Å². The predicted octanol–water partition coefficient (Wildman–Crippen LogP) is 0.792. The first kappa shape index (κ1) is 18.8. The lowest BCUT2D eigenvalue weighted by molar-refractivity contribution is -0.122. The van der Waals surface area contributed by atoms with Gasteiger partial charge in [0.15, 0.2) is 5.96 Å². The molecule has 1 aromatic rings. The Labute approximate surface area is 159 Å². The smallest absolute Gasteiger partial charge is 0.220 e. The van der Waals surface area contributed by atoms with E-state index in [-0.39, 0.29) is 35.8 Å². The highest BCUT2D eigenvalue weighted by atomic mass is 127. The molecular formula is C16H25IN6O. The summed E-state index contributed by atoms with van der Waals surface area (Å²) in [6, 6.07) is 4.04. The van der Waals surface area contributed by atoms with E-state index in [1.54, 1.807) is 0 Å². The molecular weight excluding hydrogens is 419 g/mol. The molecule has 3 rings (SSSR count). The first-order valence-corrected chi connectivity index (χ1v) is 8.13. The highest BCUT2D eigenvalue weighted by Gasteiger charge is 2.25. The number of rotatable bonds is 4. The van der Waals surface area contributed by atoms with E-state index < -0.39 is 0 Å². The van der Waals surface area contributed by atoms with Crippen molar-refractivity contribution in [2.75, 3.05) is 38.1 Å². The number of aliphatic imine (C=N–C) groups is 1. The number of hydrogen-bond donors (Lipinski definition) is 2. The van der Waals surface area contributed by atoms with Crippen molar-refractivity contribution in [2.24, 2.45) is 16.6 Å². The molecule has 1 aromatic heterocycles. The lowest BCUT2D eigenvalue weighted by atomic mass is 9.96. The van der Waals surface area contributed by atoms with Crippen LogP contribution in [-0.4, -0.2) is 55.0 Å². The molecule has 0 spiro atoms. The Bertz CT molecular complexity index is 600. The minimum absolute atomic E-state index is 0. The number of likely N-dealkylation sites (N-methyl/N-ethyl adjacent to an activating group) is 1. The number of halogens is 1. The third kappa shape index (κ3) is 4.28. The molecule has 8 heteroatoms. The minimum atomic E-state index is -0.185. The van der Waals surface area contributed by atoms with Crippen LogP contribution in [0.1, 0.15) is 18.4 Å². The number of carbonyl (C=O) groups excluding carboxylic acids is 1.